The van der Waals surface area contributed by atoms with E-state index in [0.717, 1.165) is 17.7 Å². The number of alkyl halides is 1. The Morgan fingerprint density at radius 2 is 2.20 bits per heavy atom. The van der Waals surface area contributed by atoms with Crippen LogP contribution < -0.4 is 15.4 Å². The Morgan fingerprint density at radius 1 is 1.37 bits per heavy atom. The lowest BCUT2D eigenvalue weighted by Gasteiger charge is -2.15. The molecule has 0 aliphatic heterocycles. The van der Waals surface area contributed by atoms with E-state index in [0.29, 0.717) is 24.5 Å². The number of aromatic nitrogens is 3. The molecule has 3 rings (SSSR count). The summed E-state index contributed by atoms with van der Waals surface area (Å²) >= 11 is 0. The summed E-state index contributed by atoms with van der Waals surface area (Å²) in [6.45, 7) is 0.935. The summed E-state index contributed by atoms with van der Waals surface area (Å²) < 4.78 is 22.9. The van der Waals surface area contributed by atoms with Crippen molar-refractivity contribution >= 4 is 17.8 Å². The Kier molecular flexibility index (Phi) is 7.21. The van der Waals surface area contributed by atoms with E-state index in [1.807, 2.05) is 0 Å². The van der Waals surface area contributed by atoms with E-state index in [4.69, 9.17) is 9.47 Å². The first-order valence-electron chi connectivity index (χ1n) is 9.84. The van der Waals surface area contributed by atoms with Crippen LogP contribution in [0.15, 0.2) is 24.4 Å². The van der Waals surface area contributed by atoms with Gasteiger partial charge in [0.2, 0.25) is 11.8 Å². The van der Waals surface area contributed by atoms with Crippen molar-refractivity contribution in [3.05, 3.63) is 35.7 Å². The Hall–Kier alpha value is -3.17. The SMILES string of the molecule is COc1cc(CC(=O)Nc2cc([C@H]3CC[C@@H](OC(=O)N[C@@H](C)CF)C3)[nH]n2)ccn1. The number of carbonyl (C=O) groups excluding carboxylic acids is 2. The number of hydrogen-bond donors (Lipinski definition) is 3. The molecule has 2 amide bonds. The molecule has 0 spiro atoms. The lowest BCUT2D eigenvalue weighted by molar-refractivity contribution is -0.115. The Morgan fingerprint density at radius 3 is 2.97 bits per heavy atom. The number of nitrogens with one attached hydrogen (secondary N) is 3. The van der Waals surface area contributed by atoms with Crippen molar-refractivity contribution < 1.29 is 23.5 Å². The van der Waals surface area contributed by atoms with Crippen molar-refractivity contribution in [3.63, 3.8) is 0 Å². The van der Waals surface area contributed by atoms with Gasteiger partial charge in [-0.1, -0.05) is 0 Å². The predicted octanol–water partition coefficient (Wildman–Crippen LogP) is 2.71. The van der Waals surface area contributed by atoms with Crippen LogP contribution in [-0.4, -0.2) is 53.1 Å². The molecule has 2 aromatic heterocycles. The highest BCUT2D eigenvalue weighted by Gasteiger charge is 2.30. The number of nitrogens with zero attached hydrogens (tertiary/aromatic N) is 2. The van der Waals surface area contributed by atoms with Crippen LogP contribution in [0.4, 0.5) is 15.0 Å². The number of rotatable bonds is 8. The molecule has 10 heteroatoms. The third-order valence-corrected chi connectivity index (χ3v) is 4.93. The largest absolute Gasteiger partial charge is 0.481 e. The van der Waals surface area contributed by atoms with Crippen LogP contribution in [-0.2, 0) is 16.0 Å². The molecule has 30 heavy (non-hydrogen) atoms. The van der Waals surface area contributed by atoms with Gasteiger partial charge in [-0.2, -0.15) is 5.10 Å². The number of methoxy groups -OCH3 is 1. The summed E-state index contributed by atoms with van der Waals surface area (Å²) in [5.41, 5.74) is 1.66. The van der Waals surface area contributed by atoms with Gasteiger partial charge in [-0.3, -0.25) is 9.89 Å². The number of aromatic amines is 1. The highest BCUT2D eigenvalue weighted by Crippen LogP contribution is 2.35. The zero-order chi connectivity index (χ0) is 21.5. The lowest BCUT2D eigenvalue weighted by atomic mass is 10.0. The summed E-state index contributed by atoms with van der Waals surface area (Å²) in [6.07, 6.45) is 3.11. The second-order valence-corrected chi connectivity index (χ2v) is 7.38. The van der Waals surface area contributed by atoms with Gasteiger partial charge in [-0.25, -0.2) is 14.2 Å². The fraction of sp³-hybridized carbons (Fsp3) is 0.500. The maximum Gasteiger partial charge on any atom is 0.407 e. The molecular formula is C20H26FN5O4. The molecule has 2 heterocycles. The molecule has 0 aromatic carbocycles. The molecule has 0 bridgehead atoms. The summed E-state index contributed by atoms with van der Waals surface area (Å²) in [5.74, 6) is 0.833. The highest BCUT2D eigenvalue weighted by atomic mass is 19.1. The number of pyridine rings is 1. The van der Waals surface area contributed by atoms with Crippen LogP contribution in [0.3, 0.4) is 0 Å². The van der Waals surface area contributed by atoms with Gasteiger partial charge in [0.05, 0.1) is 19.6 Å². The zero-order valence-electron chi connectivity index (χ0n) is 17.0. The lowest BCUT2D eigenvalue weighted by Crippen LogP contribution is -2.36. The van der Waals surface area contributed by atoms with Crippen molar-refractivity contribution in [2.45, 2.75) is 50.7 Å². The van der Waals surface area contributed by atoms with Gasteiger partial charge in [0, 0.05) is 29.9 Å². The summed E-state index contributed by atoms with van der Waals surface area (Å²) in [5, 5.41) is 12.3. The first-order chi connectivity index (χ1) is 14.5. The van der Waals surface area contributed by atoms with E-state index in [1.54, 1.807) is 31.3 Å². The number of alkyl carbamates (subject to hydrolysis) is 1. The van der Waals surface area contributed by atoms with Gasteiger partial charge in [0.15, 0.2) is 5.82 Å². The van der Waals surface area contributed by atoms with Gasteiger partial charge in [0.1, 0.15) is 12.8 Å². The summed E-state index contributed by atoms with van der Waals surface area (Å²) in [6, 6.07) is 4.69. The fourth-order valence-corrected chi connectivity index (χ4v) is 3.41. The molecular weight excluding hydrogens is 393 g/mol. The van der Waals surface area contributed by atoms with Crippen molar-refractivity contribution in [2.75, 3.05) is 19.1 Å². The molecule has 0 saturated heterocycles. The first kappa shape index (κ1) is 21.5. The number of carbonyl (C=O) groups is 2. The molecule has 0 radical (unpaired) electrons. The van der Waals surface area contributed by atoms with E-state index >= 15 is 0 Å². The van der Waals surface area contributed by atoms with E-state index < -0.39 is 18.8 Å². The summed E-state index contributed by atoms with van der Waals surface area (Å²) in [4.78, 5) is 28.0. The minimum absolute atomic E-state index is 0.143. The van der Waals surface area contributed by atoms with Gasteiger partial charge < -0.3 is 20.1 Å². The Balaban J connectivity index is 1.49. The van der Waals surface area contributed by atoms with E-state index in [2.05, 4.69) is 25.8 Å². The van der Waals surface area contributed by atoms with Crippen molar-refractivity contribution in [3.8, 4) is 5.88 Å². The van der Waals surface area contributed by atoms with Gasteiger partial charge in [-0.05, 0) is 37.8 Å². The molecule has 162 valence electrons. The summed E-state index contributed by atoms with van der Waals surface area (Å²) in [7, 11) is 1.52. The zero-order valence-corrected chi connectivity index (χ0v) is 17.0. The molecule has 3 N–H and O–H groups in total. The van der Waals surface area contributed by atoms with Crippen LogP contribution in [0, 0.1) is 0 Å². The van der Waals surface area contributed by atoms with Gasteiger partial charge >= 0.3 is 6.09 Å². The number of hydrogen-bond acceptors (Lipinski definition) is 6. The van der Waals surface area contributed by atoms with Crippen LogP contribution in [0.2, 0.25) is 0 Å². The van der Waals surface area contributed by atoms with Crippen molar-refractivity contribution in [2.24, 2.45) is 0 Å². The number of amides is 2. The van der Waals surface area contributed by atoms with Crippen molar-refractivity contribution in [1.82, 2.24) is 20.5 Å². The van der Waals surface area contributed by atoms with E-state index in [9.17, 15) is 14.0 Å². The van der Waals surface area contributed by atoms with Crippen LogP contribution in [0.25, 0.3) is 0 Å². The Bertz CT molecular complexity index is 874. The normalized spacial score (nSPS) is 19.2. The molecule has 3 atom stereocenters. The molecule has 1 aliphatic rings. The fourth-order valence-electron chi connectivity index (χ4n) is 3.41. The molecule has 1 saturated carbocycles. The predicted molar refractivity (Wildman–Crippen MR) is 107 cm³/mol. The maximum absolute atomic E-state index is 12.5. The highest BCUT2D eigenvalue weighted by molar-refractivity contribution is 5.91. The minimum atomic E-state index is -0.639. The van der Waals surface area contributed by atoms with Crippen LogP contribution in [0.1, 0.15) is 43.4 Å². The quantitative estimate of drug-likeness (QED) is 0.605. The molecule has 1 fully saturated rings. The number of H-pyrrole nitrogens is 1. The van der Waals surface area contributed by atoms with Crippen LogP contribution in [0.5, 0.6) is 5.88 Å². The maximum atomic E-state index is 12.5. The molecule has 1 aliphatic carbocycles. The monoisotopic (exact) mass is 419 g/mol. The average molecular weight is 419 g/mol. The smallest absolute Gasteiger partial charge is 0.407 e. The number of halogens is 1. The van der Waals surface area contributed by atoms with E-state index in [1.165, 1.54) is 7.11 Å². The number of ether oxygens (including phenoxy) is 2. The second kappa shape index (κ2) is 10.0. The van der Waals surface area contributed by atoms with Gasteiger partial charge in [0.25, 0.3) is 0 Å². The third-order valence-electron chi connectivity index (χ3n) is 4.93. The van der Waals surface area contributed by atoms with E-state index in [-0.39, 0.29) is 24.3 Å². The van der Waals surface area contributed by atoms with Gasteiger partial charge in [-0.15, -0.1) is 0 Å². The van der Waals surface area contributed by atoms with Crippen molar-refractivity contribution in [1.29, 1.82) is 0 Å². The molecule has 9 nitrogen and oxygen atoms in total. The first-order valence-corrected chi connectivity index (χ1v) is 9.84. The number of anilines is 1. The second-order valence-electron chi connectivity index (χ2n) is 7.38. The van der Waals surface area contributed by atoms with Crippen LogP contribution >= 0.6 is 0 Å². The average Bonchev–Trinajstić information content (AvgIpc) is 3.37. The molecule has 0 unspecified atom stereocenters. The molecule has 2 aromatic rings. The Labute approximate surface area is 173 Å². The topological polar surface area (TPSA) is 118 Å². The third kappa shape index (κ3) is 5.91. The standard InChI is InChI=1S/C20H26FN5O4/c1-12(11-21)23-20(28)30-15-4-3-14(9-15)16-10-17(26-25-16)24-18(27)7-13-5-6-22-19(8-13)29-2/h5-6,8,10,12,14-15H,3-4,7,9,11H2,1-2H3,(H,23,28)(H2,24,25,26,27)/t12-,14-,15+/m0/s1. The minimum Gasteiger partial charge on any atom is -0.481 e.